The van der Waals surface area contributed by atoms with Crippen molar-refractivity contribution in [3.8, 4) is 5.75 Å². The minimum atomic E-state index is -9.88. The van der Waals surface area contributed by atoms with Crippen molar-refractivity contribution in [2.75, 3.05) is 12.3 Å². The Morgan fingerprint density at radius 2 is 1.94 bits per heavy atom. The molecule has 5 heterocycles. The molecular weight excluding hydrogens is 507 g/mol. The molecule has 36 heavy (non-hydrogen) atoms. The Morgan fingerprint density at radius 1 is 1.17 bits per heavy atom. The van der Waals surface area contributed by atoms with Gasteiger partial charge in [0.25, 0.3) is 5.91 Å². The number of aryl methyl sites for hydroxylation is 1. The van der Waals surface area contributed by atoms with E-state index in [0.29, 0.717) is 53.8 Å². The average Bonchev–Trinajstić information content (AvgIpc) is 3.37. The van der Waals surface area contributed by atoms with Gasteiger partial charge in [-0.05, 0) is 31.9 Å². The van der Waals surface area contributed by atoms with Crippen LogP contribution < -0.4 is 10.5 Å². The molecular formula is C22H19F5N6O2S. The zero-order chi connectivity index (χ0) is 25.7. The second-order valence-corrected chi connectivity index (χ2v) is 11.4. The van der Waals surface area contributed by atoms with Crippen molar-refractivity contribution in [2.24, 2.45) is 0 Å². The van der Waals surface area contributed by atoms with E-state index in [-0.39, 0.29) is 22.8 Å². The number of imidazole rings is 1. The number of halogens is 5. The summed E-state index contributed by atoms with van der Waals surface area (Å²) in [6.45, 7) is 2.07. The molecule has 0 unspecified atom stereocenters. The van der Waals surface area contributed by atoms with Gasteiger partial charge in [0.2, 0.25) is 0 Å². The molecule has 1 saturated heterocycles. The molecule has 4 aromatic rings. The summed E-state index contributed by atoms with van der Waals surface area (Å²) in [4.78, 5) is 25.9. The summed E-state index contributed by atoms with van der Waals surface area (Å²) in [5.74, 6) is -0.498. The van der Waals surface area contributed by atoms with Crippen molar-refractivity contribution in [1.29, 1.82) is 0 Å². The van der Waals surface area contributed by atoms with Gasteiger partial charge in [0.15, 0.2) is 5.82 Å². The molecule has 6 rings (SSSR count). The maximum absolute atomic E-state index is 13.6. The summed E-state index contributed by atoms with van der Waals surface area (Å²) in [6.07, 6.45) is 3.30. The molecule has 0 bridgehead atoms. The van der Waals surface area contributed by atoms with Gasteiger partial charge in [-0.3, -0.25) is 9.20 Å². The first-order valence-corrected chi connectivity index (χ1v) is 12.9. The molecule has 1 amide bonds. The van der Waals surface area contributed by atoms with E-state index in [4.69, 9.17) is 10.5 Å². The lowest BCUT2D eigenvalue weighted by atomic mass is 9.94. The van der Waals surface area contributed by atoms with Crippen LogP contribution in [0.15, 0.2) is 41.7 Å². The molecule has 2 N–H and O–H groups in total. The Hall–Kier alpha value is -3.68. The van der Waals surface area contributed by atoms with Gasteiger partial charge in [-0.2, -0.15) is 0 Å². The minimum absolute atomic E-state index is 0.0828. The van der Waals surface area contributed by atoms with Crippen LogP contribution in [0, 0.1) is 6.92 Å². The number of nitrogen functional groups attached to an aromatic ring is 1. The van der Waals surface area contributed by atoms with E-state index >= 15 is 0 Å². The molecule has 0 saturated carbocycles. The zero-order valence-electron chi connectivity index (χ0n) is 18.7. The summed E-state index contributed by atoms with van der Waals surface area (Å²) in [5, 5.41) is 0. The highest BCUT2D eigenvalue weighted by Crippen LogP contribution is 3.02. The number of likely N-dealkylation sites (tertiary alicyclic amines) is 1. The number of fused-ring (bicyclic) bond motifs is 6. The number of nitrogens with two attached hydrogens (primary N) is 1. The van der Waals surface area contributed by atoms with Crippen LogP contribution in [0.1, 0.15) is 40.6 Å². The van der Waals surface area contributed by atoms with Crippen molar-refractivity contribution < 1.29 is 29.0 Å². The molecule has 3 aromatic heterocycles. The van der Waals surface area contributed by atoms with E-state index in [1.807, 2.05) is 0 Å². The van der Waals surface area contributed by atoms with Crippen molar-refractivity contribution >= 4 is 38.5 Å². The highest BCUT2D eigenvalue weighted by molar-refractivity contribution is 8.45. The fraction of sp³-hybridized carbons (Fsp3) is 0.273. The molecule has 1 fully saturated rings. The summed E-state index contributed by atoms with van der Waals surface area (Å²) in [6, 6.07) is 2.48. The molecule has 1 aromatic carbocycles. The van der Waals surface area contributed by atoms with Gasteiger partial charge in [0, 0.05) is 18.2 Å². The summed E-state index contributed by atoms with van der Waals surface area (Å²) >= 11 is 0. The third kappa shape index (κ3) is 3.42. The number of aromatic nitrogens is 4. The lowest BCUT2D eigenvalue weighted by Gasteiger charge is -2.40. The van der Waals surface area contributed by atoms with Crippen LogP contribution >= 0.6 is 10.2 Å². The maximum Gasteiger partial charge on any atom is 0.310 e. The Balaban J connectivity index is 1.41. The van der Waals surface area contributed by atoms with Crippen molar-refractivity contribution in [3.05, 3.63) is 53.7 Å². The first-order valence-electron chi connectivity index (χ1n) is 11.0. The topological polar surface area (TPSA) is 98.6 Å². The lowest BCUT2D eigenvalue weighted by molar-refractivity contribution is 0.0360. The number of amides is 1. The van der Waals surface area contributed by atoms with Crippen LogP contribution in [-0.2, 0) is 0 Å². The highest BCUT2D eigenvalue weighted by Gasteiger charge is 2.66. The first-order chi connectivity index (χ1) is 16.7. The van der Waals surface area contributed by atoms with E-state index < -0.39 is 33.2 Å². The largest absolute Gasteiger partial charge is 0.487 e. The SMILES string of the molecule is Cc1ncn2c1c(N)nc1cnc(C(=O)N3CCC[C@@H]4Oc5cc(S(F)(F)(F)(F)F)ccc5[C@@H]43)cc12. The molecule has 2 atom stereocenters. The van der Waals surface area contributed by atoms with Crippen LogP contribution in [0.5, 0.6) is 5.75 Å². The molecule has 190 valence electrons. The van der Waals surface area contributed by atoms with Gasteiger partial charge in [-0.1, -0.05) is 25.5 Å². The van der Waals surface area contributed by atoms with E-state index in [2.05, 4.69) is 15.0 Å². The lowest BCUT2D eigenvalue weighted by Crippen LogP contribution is -2.44. The third-order valence-electron chi connectivity index (χ3n) is 6.64. The van der Waals surface area contributed by atoms with E-state index in [1.54, 1.807) is 23.7 Å². The zero-order valence-corrected chi connectivity index (χ0v) is 19.5. The summed E-state index contributed by atoms with van der Waals surface area (Å²) in [5.41, 5.74) is 8.63. The highest BCUT2D eigenvalue weighted by atomic mass is 32.5. The quantitative estimate of drug-likeness (QED) is 0.343. The summed E-state index contributed by atoms with van der Waals surface area (Å²) < 4.78 is 74.0. The molecule has 2 aliphatic rings. The van der Waals surface area contributed by atoms with Gasteiger partial charge >= 0.3 is 10.2 Å². The smallest absolute Gasteiger partial charge is 0.310 e. The van der Waals surface area contributed by atoms with Crippen LogP contribution in [0.4, 0.5) is 25.2 Å². The number of piperidine rings is 1. The number of ether oxygens (including phenoxy) is 1. The predicted molar refractivity (Wildman–Crippen MR) is 123 cm³/mol. The summed E-state index contributed by atoms with van der Waals surface area (Å²) in [7, 11) is -9.88. The fourth-order valence-corrected chi connectivity index (χ4v) is 5.69. The van der Waals surface area contributed by atoms with Crippen LogP contribution in [0.25, 0.3) is 16.6 Å². The second-order valence-electron chi connectivity index (χ2n) is 9.01. The van der Waals surface area contributed by atoms with Crippen molar-refractivity contribution in [2.45, 2.75) is 36.8 Å². The number of carbonyl (C=O) groups is 1. The number of anilines is 1. The Labute approximate surface area is 200 Å². The maximum atomic E-state index is 13.6. The molecule has 2 aliphatic heterocycles. The van der Waals surface area contributed by atoms with Crippen LogP contribution in [0.2, 0.25) is 0 Å². The second kappa shape index (κ2) is 6.55. The third-order valence-corrected chi connectivity index (χ3v) is 7.78. The van der Waals surface area contributed by atoms with E-state index in [9.17, 15) is 24.2 Å². The molecule has 0 spiro atoms. The Morgan fingerprint density at radius 3 is 2.69 bits per heavy atom. The fourth-order valence-electron chi connectivity index (χ4n) is 5.04. The number of benzene rings is 1. The standard InChI is InChI=1S/C22H19F5N6O2S/c1-11-19-21(28)31-15-9-29-14(8-16(15)33(19)10-30-11)22(34)32-6-2-3-17-20(32)13-5-4-12(7-18(13)35-17)36(23,24,25,26)27/h4-5,7-10,17,20H,2-3,6H2,1H3,(H2,28,31)/t17-,20-/m0/s1. The van der Waals surface area contributed by atoms with Gasteiger partial charge in [-0.15, -0.1) is 0 Å². The molecule has 0 radical (unpaired) electrons. The monoisotopic (exact) mass is 526 g/mol. The number of pyridine rings is 1. The van der Waals surface area contributed by atoms with Gasteiger partial charge in [-0.25, -0.2) is 15.0 Å². The normalized spacial score (nSPS) is 21.6. The molecule has 14 heteroatoms. The Bertz CT molecular complexity index is 1610. The predicted octanol–water partition coefficient (Wildman–Crippen LogP) is 5.56. The van der Waals surface area contributed by atoms with Crippen LogP contribution in [-0.4, -0.2) is 42.8 Å². The molecule has 8 nitrogen and oxygen atoms in total. The number of hydrogen-bond donors (Lipinski definition) is 1. The van der Waals surface area contributed by atoms with Gasteiger partial charge in [0.1, 0.15) is 39.8 Å². The van der Waals surface area contributed by atoms with E-state index in [0.717, 1.165) is 6.07 Å². The van der Waals surface area contributed by atoms with Gasteiger partial charge < -0.3 is 15.4 Å². The number of rotatable bonds is 2. The molecule has 0 aliphatic carbocycles. The van der Waals surface area contributed by atoms with E-state index in [1.165, 1.54) is 11.1 Å². The minimum Gasteiger partial charge on any atom is -0.487 e. The van der Waals surface area contributed by atoms with Crippen LogP contribution in [0.3, 0.4) is 0 Å². The van der Waals surface area contributed by atoms with Crippen molar-refractivity contribution in [1.82, 2.24) is 24.3 Å². The van der Waals surface area contributed by atoms with Crippen molar-refractivity contribution in [3.63, 3.8) is 0 Å². The number of nitrogens with zero attached hydrogens (tertiary/aromatic N) is 5. The van der Waals surface area contributed by atoms with Gasteiger partial charge in [0.05, 0.1) is 23.4 Å². The number of hydrogen-bond acceptors (Lipinski definition) is 6. The average molecular weight is 526 g/mol. The number of carbonyl (C=O) groups excluding carboxylic acids is 1. The Kier molecular flexibility index (Phi) is 4.14. The first kappa shape index (κ1) is 22.8.